The highest BCUT2D eigenvalue weighted by molar-refractivity contribution is 6.04. The van der Waals surface area contributed by atoms with Crippen LogP contribution in [0.2, 0.25) is 0 Å². The molecule has 7 heteroatoms. The number of ketones is 1. The van der Waals surface area contributed by atoms with Crippen molar-refractivity contribution in [2.24, 2.45) is 0 Å². The van der Waals surface area contributed by atoms with Gasteiger partial charge in [0.05, 0.1) is 18.1 Å². The minimum atomic E-state index is -4.54. The first kappa shape index (κ1) is 22.5. The molecule has 2 atom stereocenters. The van der Waals surface area contributed by atoms with Crippen LogP contribution < -0.4 is 0 Å². The second-order valence-electron chi connectivity index (χ2n) is 7.05. The number of hydrogen-bond donors (Lipinski definition) is 0. The van der Waals surface area contributed by atoms with Gasteiger partial charge < -0.3 is 4.74 Å². The summed E-state index contributed by atoms with van der Waals surface area (Å²) in [4.78, 5) is 25.0. The number of carbonyl (C=O) groups is 2. The Kier molecular flexibility index (Phi) is 6.73. The molecule has 162 valence electrons. The highest BCUT2D eigenvalue weighted by Gasteiger charge is 2.33. The molecule has 3 aromatic rings. The number of rotatable bonds is 7. The van der Waals surface area contributed by atoms with Crippen LogP contribution >= 0.6 is 0 Å². The Labute approximate surface area is 176 Å². The number of esters is 1. The van der Waals surface area contributed by atoms with Crippen molar-refractivity contribution in [2.75, 3.05) is 6.61 Å². The van der Waals surface area contributed by atoms with Crippen LogP contribution in [0.1, 0.15) is 40.7 Å². The largest absolute Gasteiger partial charge is 0.464 e. The second-order valence-corrected chi connectivity index (χ2v) is 7.05. The van der Waals surface area contributed by atoms with Crippen molar-refractivity contribution in [3.63, 3.8) is 0 Å². The molecule has 0 aliphatic rings. The third-order valence-electron chi connectivity index (χ3n) is 4.98. The number of carbonyl (C=O) groups excluding carboxylic acids is 2. The van der Waals surface area contributed by atoms with Crippen LogP contribution in [0.25, 0.3) is 10.8 Å². The van der Waals surface area contributed by atoms with E-state index in [-0.39, 0.29) is 17.7 Å². The van der Waals surface area contributed by atoms with Crippen molar-refractivity contribution >= 4 is 22.5 Å². The smallest absolute Gasteiger partial charge is 0.416 e. The molecule has 0 amide bonds. The number of halogens is 4. The summed E-state index contributed by atoms with van der Waals surface area (Å²) in [6.45, 7) is 1.50. The first-order valence-corrected chi connectivity index (χ1v) is 9.71. The van der Waals surface area contributed by atoms with E-state index in [0.717, 1.165) is 35.0 Å². The molecule has 0 bridgehead atoms. The highest BCUT2D eigenvalue weighted by Crippen LogP contribution is 2.33. The summed E-state index contributed by atoms with van der Waals surface area (Å²) in [6.07, 6.45) is -7.16. The molecular weight excluding hydrogens is 412 g/mol. The number of alkyl halides is 4. The molecule has 3 nitrogen and oxygen atoms in total. The van der Waals surface area contributed by atoms with Gasteiger partial charge in [0.1, 0.15) is 0 Å². The fourth-order valence-electron chi connectivity index (χ4n) is 3.38. The van der Waals surface area contributed by atoms with Crippen LogP contribution in [0.5, 0.6) is 0 Å². The van der Waals surface area contributed by atoms with E-state index in [1.807, 2.05) is 24.3 Å². The van der Waals surface area contributed by atoms with Gasteiger partial charge in [0.15, 0.2) is 12.0 Å². The van der Waals surface area contributed by atoms with Crippen LogP contribution in [0.3, 0.4) is 0 Å². The average Bonchev–Trinajstić information content (AvgIpc) is 2.76. The minimum absolute atomic E-state index is 0.0250. The van der Waals surface area contributed by atoms with Crippen molar-refractivity contribution in [1.29, 1.82) is 0 Å². The van der Waals surface area contributed by atoms with E-state index in [9.17, 15) is 27.2 Å². The maximum absolute atomic E-state index is 14.5. The van der Waals surface area contributed by atoms with Crippen molar-refractivity contribution in [1.82, 2.24) is 0 Å². The van der Waals surface area contributed by atoms with Gasteiger partial charge in [-0.25, -0.2) is 9.18 Å². The van der Waals surface area contributed by atoms with Gasteiger partial charge >= 0.3 is 12.1 Å². The highest BCUT2D eigenvalue weighted by atomic mass is 19.4. The van der Waals surface area contributed by atoms with Crippen molar-refractivity contribution in [3.05, 3.63) is 83.4 Å². The maximum Gasteiger partial charge on any atom is 0.416 e. The molecule has 0 spiro atoms. The van der Waals surface area contributed by atoms with Crippen LogP contribution in [-0.4, -0.2) is 24.5 Å². The first-order valence-electron chi connectivity index (χ1n) is 9.71. The Hall–Kier alpha value is -3.22. The molecule has 3 rings (SSSR count). The maximum atomic E-state index is 14.5. The summed E-state index contributed by atoms with van der Waals surface area (Å²) in [5, 5.41) is 1.70. The van der Waals surface area contributed by atoms with Crippen molar-refractivity contribution < 1.29 is 31.9 Å². The predicted molar refractivity (Wildman–Crippen MR) is 109 cm³/mol. The Morgan fingerprint density at radius 2 is 1.58 bits per heavy atom. The normalized spacial score (nSPS) is 13.6. The van der Waals surface area contributed by atoms with Gasteiger partial charge in [-0.15, -0.1) is 0 Å². The Morgan fingerprint density at radius 1 is 0.935 bits per heavy atom. The number of benzene rings is 3. The van der Waals surface area contributed by atoms with Crippen molar-refractivity contribution in [3.8, 4) is 0 Å². The van der Waals surface area contributed by atoms with E-state index in [0.29, 0.717) is 0 Å². The van der Waals surface area contributed by atoms with Gasteiger partial charge in [-0.1, -0.05) is 48.5 Å². The van der Waals surface area contributed by atoms with E-state index < -0.39 is 42.0 Å². The number of fused-ring (bicyclic) bond motifs is 1. The van der Waals surface area contributed by atoms with Gasteiger partial charge in [0.25, 0.3) is 0 Å². The minimum Gasteiger partial charge on any atom is -0.464 e. The molecule has 2 unspecified atom stereocenters. The zero-order chi connectivity index (χ0) is 22.6. The lowest BCUT2D eigenvalue weighted by molar-refractivity contribution is -0.149. The lowest BCUT2D eigenvalue weighted by Gasteiger charge is -2.19. The Balaban J connectivity index is 1.97. The molecule has 0 aromatic heterocycles. The van der Waals surface area contributed by atoms with E-state index in [4.69, 9.17) is 0 Å². The lowest BCUT2D eigenvalue weighted by Crippen LogP contribution is -2.25. The summed E-state index contributed by atoms with van der Waals surface area (Å²) in [6, 6.07) is 16.3. The lowest BCUT2D eigenvalue weighted by atomic mass is 9.85. The molecular formula is C24H20F4O3. The summed E-state index contributed by atoms with van der Waals surface area (Å²) < 4.78 is 57.9. The molecule has 0 radical (unpaired) electrons. The fraction of sp³-hybridized carbons (Fsp3) is 0.250. The second kappa shape index (κ2) is 9.29. The predicted octanol–water partition coefficient (Wildman–Crippen LogP) is 6.12. The molecule has 0 aliphatic heterocycles. The topological polar surface area (TPSA) is 43.4 Å². The third-order valence-corrected chi connectivity index (χ3v) is 4.98. The van der Waals surface area contributed by atoms with Gasteiger partial charge in [-0.05, 0) is 41.5 Å². The van der Waals surface area contributed by atoms with Gasteiger partial charge in [0, 0.05) is 12.0 Å². The van der Waals surface area contributed by atoms with Crippen LogP contribution in [0.15, 0.2) is 66.7 Å². The summed E-state index contributed by atoms with van der Waals surface area (Å²) >= 11 is 0. The number of hydrogen-bond acceptors (Lipinski definition) is 3. The van der Waals surface area contributed by atoms with E-state index in [1.165, 1.54) is 6.92 Å². The van der Waals surface area contributed by atoms with Crippen LogP contribution in [0, 0.1) is 0 Å². The Morgan fingerprint density at radius 3 is 2.19 bits per heavy atom. The zero-order valence-electron chi connectivity index (χ0n) is 16.7. The van der Waals surface area contributed by atoms with E-state index in [1.54, 1.807) is 18.2 Å². The molecule has 0 saturated carbocycles. The first-order chi connectivity index (χ1) is 14.7. The van der Waals surface area contributed by atoms with Gasteiger partial charge in [-0.2, -0.15) is 13.2 Å². The molecule has 0 aliphatic carbocycles. The standard InChI is InChI=1S/C24H20F4O3/c1-2-31-23(30)21(25)14-20(16-9-11-19(12-10-16)24(26,27)28)22(29)18-8-7-15-5-3-4-6-17(15)13-18/h3-13,20-21H,2,14H2,1H3. The summed E-state index contributed by atoms with van der Waals surface area (Å²) in [5.74, 6) is -2.74. The molecule has 0 fully saturated rings. The molecule has 0 heterocycles. The van der Waals surface area contributed by atoms with E-state index in [2.05, 4.69) is 4.74 Å². The number of ether oxygens (including phenoxy) is 1. The average molecular weight is 432 g/mol. The van der Waals surface area contributed by atoms with Crippen LogP contribution in [-0.2, 0) is 15.7 Å². The molecule has 0 N–H and O–H groups in total. The Bertz CT molecular complexity index is 1070. The number of Topliss-reactive ketones (excluding diaryl/α,β-unsaturated/α-hetero) is 1. The zero-order valence-corrected chi connectivity index (χ0v) is 16.7. The monoisotopic (exact) mass is 432 g/mol. The fourth-order valence-corrected chi connectivity index (χ4v) is 3.38. The quantitative estimate of drug-likeness (QED) is 0.257. The van der Waals surface area contributed by atoms with E-state index >= 15 is 0 Å². The molecule has 31 heavy (non-hydrogen) atoms. The summed E-state index contributed by atoms with van der Waals surface area (Å²) in [5.41, 5.74) is -0.409. The summed E-state index contributed by atoms with van der Waals surface area (Å²) in [7, 11) is 0. The van der Waals surface area contributed by atoms with Gasteiger partial charge in [-0.3, -0.25) is 4.79 Å². The molecule has 0 saturated heterocycles. The SMILES string of the molecule is CCOC(=O)C(F)CC(C(=O)c1ccc2ccccc2c1)c1ccc(C(F)(F)F)cc1. The van der Waals surface area contributed by atoms with Crippen LogP contribution in [0.4, 0.5) is 17.6 Å². The van der Waals surface area contributed by atoms with Gasteiger partial charge in [0.2, 0.25) is 0 Å². The molecule has 3 aromatic carbocycles. The van der Waals surface area contributed by atoms with Crippen molar-refractivity contribution in [2.45, 2.75) is 31.6 Å². The third kappa shape index (κ3) is 5.29.